The molecular formula is C27H26N2O6. The van der Waals surface area contributed by atoms with Crippen LogP contribution >= 0.6 is 0 Å². The van der Waals surface area contributed by atoms with Gasteiger partial charge < -0.3 is 29.0 Å². The second-order valence-electron chi connectivity index (χ2n) is 7.52. The van der Waals surface area contributed by atoms with Crippen molar-refractivity contribution in [1.82, 2.24) is 10.3 Å². The van der Waals surface area contributed by atoms with E-state index >= 15 is 0 Å². The Balaban J connectivity index is 1.83. The molecule has 0 aliphatic rings. The Morgan fingerprint density at radius 3 is 2.11 bits per heavy atom. The summed E-state index contributed by atoms with van der Waals surface area (Å²) in [5, 5.41) is 4.61. The Morgan fingerprint density at radius 1 is 0.771 bits per heavy atom. The number of amides is 1. The Labute approximate surface area is 203 Å². The standard InChI is InChI=1S/C27H26N2O6/c1-31-21-11-10-18(15-22(21)32-2)25(29-27(30)35-19-8-6-5-7-9-19)26-20-16-24(34-4)23(33-3)14-17(20)12-13-28-26/h5-16,25H,1-4H3,(H,29,30)/t25-/m0/s1. The third kappa shape index (κ3) is 5.06. The highest BCUT2D eigenvalue weighted by Crippen LogP contribution is 2.37. The van der Waals surface area contributed by atoms with Crippen LogP contribution in [0.15, 0.2) is 72.9 Å². The van der Waals surface area contributed by atoms with Gasteiger partial charge in [0.25, 0.3) is 0 Å². The van der Waals surface area contributed by atoms with E-state index in [4.69, 9.17) is 23.7 Å². The molecule has 180 valence electrons. The van der Waals surface area contributed by atoms with Gasteiger partial charge in [-0.15, -0.1) is 0 Å². The summed E-state index contributed by atoms with van der Waals surface area (Å²) in [5.41, 5.74) is 1.32. The fourth-order valence-corrected chi connectivity index (χ4v) is 3.84. The van der Waals surface area contributed by atoms with Crippen LogP contribution in [0, 0.1) is 0 Å². The number of rotatable bonds is 8. The first-order chi connectivity index (χ1) is 17.1. The molecule has 0 aliphatic heterocycles. The lowest BCUT2D eigenvalue weighted by Crippen LogP contribution is -2.32. The molecule has 0 spiro atoms. The molecule has 4 rings (SSSR count). The molecule has 0 aliphatic carbocycles. The second kappa shape index (κ2) is 10.6. The minimum atomic E-state index is -0.673. The number of hydrogen-bond donors (Lipinski definition) is 1. The number of nitrogens with zero attached hydrogens (tertiary/aromatic N) is 1. The van der Waals surface area contributed by atoms with Crippen LogP contribution in [0.1, 0.15) is 17.3 Å². The number of carbonyl (C=O) groups is 1. The minimum Gasteiger partial charge on any atom is -0.493 e. The topological polar surface area (TPSA) is 88.1 Å². The van der Waals surface area contributed by atoms with Gasteiger partial charge in [0.1, 0.15) is 11.8 Å². The summed E-state index contributed by atoms with van der Waals surface area (Å²) in [7, 11) is 6.28. The number of benzene rings is 3. The largest absolute Gasteiger partial charge is 0.493 e. The number of aromatic nitrogens is 1. The van der Waals surface area contributed by atoms with E-state index in [1.807, 2.05) is 30.3 Å². The van der Waals surface area contributed by atoms with Crippen LogP contribution in [-0.2, 0) is 0 Å². The van der Waals surface area contributed by atoms with Crippen LogP contribution in [0.3, 0.4) is 0 Å². The predicted molar refractivity (Wildman–Crippen MR) is 132 cm³/mol. The van der Waals surface area contributed by atoms with Crippen LogP contribution in [-0.4, -0.2) is 39.5 Å². The molecule has 3 aromatic carbocycles. The Hall–Kier alpha value is -4.46. The van der Waals surface area contributed by atoms with Gasteiger partial charge in [-0.2, -0.15) is 0 Å². The van der Waals surface area contributed by atoms with Crippen molar-refractivity contribution < 1.29 is 28.5 Å². The highest BCUT2D eigenvalue weighted by Gasteiger charge is 2.24. The molecule has 0 radical (unpaired) electrons. The third-order valence-corrected chi connectivity index (χ3v) is 5.53. The highest BCUT2D eigenvalue weighted by atomic mass is 16.6. The first-order valence-electron chi connectivity index (χ1n) is 10.8. The van der Waals surface area contributed by atoms with Gasteiger partial charge in [-0.3, -0.25) is 4.98 Å². The molecule has 0 unspecified atom stereocenters. The van der Waals surface area contributed by atoms with E-state index < -0.39 is 12.1 Å². The summed E-state index contributed by atoms with van der Waals surface area (Å²) in [5.74, 6) is 2.66. The summed E-state index contributed by atoms with van der Waals surface area (Å²) in [4.78, 5) is 17.6. The van der Waals surface area contributed by atoms with Crippen LogP contribution in [0.25, 0.3) is 10.8 Å². The van der Waals surface area contributed by atoms with E-state index in [1.165, 1.54) is 0 Å². The normalized spacial score (nSPS) is 11.4. The smallest absolute Gasteiger partial charge is 0.413 e. The van der Waals surface area contributed by atoms with E-state index in [9.17, 15) is 4.79 Å². The molecule has 8 nitrogen and oxygen atoms in total. The van der Waals surface area contributed by atoms with Gasteiger partial charge in [-0.25, -0.2) is 4.79 Å². The zero-order valence-corrected chi connectivity index (χ0v) is 19.9. The molecule has 1 amide bonds. The summed E-state index contributed by atoms with van der Waals surface area (Å²) in [6.45, 7) is 0. The lowest BCUT2D eigenvalue weighted by Gasteiger charge is -2.22. The summed E-state index contributed by atoms with van der Waals surface area (Å²) in [6.07, 6.45) is 1.05. The van der Waals surface area contributed by atoms with Crippen molar-refractivity contribution in [2.75, 3.05) is 28.4 Å². The molecule has 4 aromatic rings. The lowest BCUT2D eigenvalue weighted by molar-refractivity contribution is 0.197. The minimum absolute atomic E-state index is 0.424. The number of hydrogen-bond acceptors (Lipinski definition) is 7. The van der Waals surface area contributed by atoms with Crippen LogP contribution < -0.4 is 29.0 Å². The third-order valence-electron chi connectivity index (χ3n) is 5.53. The first-order valence-corrected chi connectivity index (χ1v) is 10.8. The van der Waals surface area contributed by atoms with Gasteiger partial charge in [0.05, 0.1) is 34.1 Å². The van der Waals surface area contributed by atoms with Gasteiger partial charge in [0, 0.05) is 11.6 Å². The van der Waals surface area contributed by atoms with Crippen molar-refractivity contribution in [2.24, 2.45) is 0 Å². The van der Waals surface area contributed by atoms with Gasteiger partial charge in [-0.05, 0) is 53.4 Å². The number of pyridine rings is 1. The summed E-state index contributed by atoms with van der Waals surface area (Å²) >= 11 is 0. The predicted octanol–water partition coefficient (Wildman–Crippen LogP) is 5.15. The molecule has 0 fully saturated rings. The zero-order valence-electron chi connectivity index (χ0n) is 19.9. The molecule has 1 aromatic heterocycles. The number of ether oxygens (including phenoxy) is 5. The van der Waals surface area contributed by atoms with Crippen molar-refractivity contribution in [3.63, 3.8) is 0 Å². The van der Waals surface area contributed by atoms with E-state index in [0.29, 0.717) is 34.4 Å². The van der Waals surface area contributed by atoms with Crippen molar-refractivity contribution in [3.05, 3.63) is 84.2 Å². The van der Waals surface area contributed by atoms with E-state index in [1.54, 1.807) is 71.0 Å². The van der Waals surface area contributed by atoms with Crippen LogP contribution in [0.2, 0.25) is 0 Å². The first kappa shape index (κ1) is 23.7. The average Bonchev–Trinajstić information content (AvgIpc) is 2.90. The molecule has 1 heterocycles. The number of para-hydroxylation sites is 1. The number of carbonyl (C=O) groups excluding carboxylic acids is 1. The maximum Gasteiger partial charge on any atom is 0.413 e. The zero-order chi connectivity index (χ0) is 24.8. The van der Waals surface area contributed by atoms with Crippen molar-refractivity contribution in [2.45, 2.75) is 6.04 Å². The van der Waals surface area contributed by atoms with Gasteiger partial charge in [0.15, 0.2) is 23.0 Å². The quantitative estimate of drug-likeness (QED) is 0.378. The average molecular weight is 475 g/mol. The Kier molecular flexibility index (Phi) is 7.21. The monoisotopic (exact) mass is 474 g/mol. The maximum atomic E-state index is 12.9. The van der Waals surface area contributed by atoms with Gasteiger partial charge >= 0.3 is 6.09 Å². The van der Waals surface area contributed by atoms with Gasteiger partial charge in [0.2, 0.25) is 0 Å². The molecule has 1 N–H and O–H groups in total. The lowest BCUT2D eigenvalue weighted by atomic mass is 9.97. The van der Waals surface area contributed by atoms with Crippen LogP contribution in [0.5, 0.6) is 28.7 Å². The number of fused-ring (bicyclic) bond motifs is 1. The molecule has 8 heteroatoms. The van der Waals surface area contributed by atoms with E-state index in [2.05, 4.69) is 10.3 Å². The fraction of sp³-hybridized carbons (Fsp3) is 0.185. The van der Waals surface area contributed by atoms with E-state index in [-0.39, 0.29) is 0 Å². The molecule has 0 bridgehead atoms. The second-order valence-corrected chi connectivity index (χ2v) is 7.52. The van der Waals surface area contributed by atoms with E-state index in [0.717, 1.165) is 16.3 Å². The molecule has 0 saturated carbocycles. The summed E-state index contributed by atoms with van der Waals surface area (Å²) < 4.78 is 27.3. The Morgan fingerprint density at radius 2 is 1.43 bits per heavy atom. The SMILES string of the molecule is COc1ccc([C@H](NC(=O)Oc2ccccc2)c2nccc3cc(OC)c(OC)cc23)cc1OC. The van der Waals surface area contributed by atoms with Crippen molar-refractivity contribution >= 4 is 16.9 Å². The van der Waals surface area contributed by atoms with Crippen LogP contribution in [0.4, 0.5) is 4.79 Å². The Bertz CT molecular complexity index is 1330. The molecule has 1 atom stereocenters. The highest BCUT2D eigenvalue weighted by molar-refractivity contribution is 5.89. The number of methoxy groups -OCH3 is 4. The fourth-order valence-electron chi connectivity index (χ4n) is 3.84. The number of nitrogens with one attached hydrogen (secondary N) is 1. The molecule has 35 heavy (non-hydrogen) atoms. The molecular weight excluding hydrogens is 448 g/mol. The van der Waals surface area contributed by atoms with Crippen molar-refractivity contribution in [1.29, 1.82) is 0 Å². The molecule has 0 saturated heterocycles. The van der Waals surface area contributed by atoms with Gasteiger partial charge in [-0.1, -0.05) is 24.3 Å². The maximum absolute atomic E-state index is 12.9. The summed E-state index contributed by atoms with van der Waals surface area (Å²) in [6, 6.07) is 19.2. The van der Waals surface area contributed by atoms with Crippen molar-refractivity contribution in [3.8, 4) is 28.7 Å².